The van der Waals surface area contributed by atoms with E-state index < -0.39 is 5.60 Å². The monoisotopic (exact) mass is 364 g/mol. The van der Waals surface area contributed by atoms with Crippen LogP contribution in [0.25, 0.3) is 22.2 Å². The number of aromatic nitrogens is 1. The first-order valence-corrected chi connectivity index (χ1v) is 9.40. The topological polar surface area (TPSA) is 75.4 Å². The number of pyridine rings is 1. The SMILES string of the molecule is Cc1cc2occc2c(-c2ccc(C(=O)NC3CCC(C)(O)CC3)cc2)n1. The van der Waals surface area contributed by atoms with Crippen LogP contribution in [0, 0.1) is 6.92 Å². The van der Waals surface area contributed by atoms with Gasteiger partial charge in [-0.05, 0) is 57.7 Å². The highest BCUT2D eigenvalue weighted by Crippen LogP contribution is 2.29. The number of aryl methyl sites for hydroxylation is 1. The van der Waals surface area contributed by atoms with Gasteiger partial charge in [-0.15, -0.1) is 0 Å². The van der Waals surface area contributed by atoms with Crippen molar-refractivity contribution >= 4 is 16.9 Å². The second kappa shape index (κ2) is 6.82. The fraction of sp³-hybridized carbons (Fsp3) is 0.364. The van der Waals surface area contributed by atoms with Crippen LogP contribution in [0.2, 0.25) is 0 Å². The highest BCUT2D eigenvalue weighted by molar-refractivity contribution is 5.96. The van der Waals surface area contributed by atoms with Crippen molar-refractivity contribution < 1.29 is 14.3 Å². The number of rotatable bonds is 3. The van der Waals surface area contributed by atoms with E-state index in [0.717, 1.165) is 53.6 Å². The molecule has 1 aromatic carbocycles. The lowest BCUT2D eigenvalue weighted by atomic mass is 9.83. The quantitative estimate of drug-likeness (QED) is 0.729. The van der Waals surface area contributed by atoms with Gasteiger partial charge >= 0.3 is 0 Å². The molecule has 0 unspecified atom stereocenters. The molecule has 140 valence electrons. The Kier molecular flexibility index (Phi) is 4.48. The van der Waals surface area contributed by atoms with Crippen molar-refractivity contribution in [3.8, 4) is 11.3 Å². The van der Waals surface area contributed by atoms with E-state index in [1.54, 1.807) is 6.26 Å². The predicted molar refractivity (Wildman–Crippen MR) is 105 cm³/mol. The molecule has 5 nitrogen and oxygen atoms in total. The summed E-state index contributed by atoms with van der Waals surface area (Å²) in [5, 5.41) is 14.1. The lowest BCUT2D eigenvalue weighted by Gasteiger charge is -2.33. The predicted octanol–water partition coefficient (Wildman–Crippen LogP) is 4.23. The van der Waals surface area contributed by atoms with Crippen LogP contribution < -0.4 is 5.32 Å². The molecule has 5 heteroatoms. The van der Waals surface area contributed by atoms with Crippen LogP contribution in [0.3, 0.4) is 0 Å². The van der Waals surface area contributed by atoms with Crippen molar-refractivity contribution in [2.75, 3.05) is 0 Å². The summed E-state index contributed by atoms with van der Waals surface area (Å²) in [7, 11) is 0. The summed E-state index contributed by atoms with van der Waals surface area (Å²) >= 11 is 0. The third-order valence-corrected chi connectivity index (χ3v) is 5.40. The van der Waals surface area contributed by atoms with E-state index in [0.29, 0.717) is 5.56 Å². The van der Waals surface area contributed by atoms with Crippen LogP contribution in [0.15, 0.2) is 47.1 Å². The molecule has 1 aliphatic rings. The number of nitrogens with zero attached hydrogens (tertiary/aromatic N) is 1. The fourth-order valence-corrected chi connectivity index (χ4v) is 3.74. The summed E-state index contributed by atoms with van der Waals surface area (Å²) in [5.74, 6) is -0.0706. The van der Waals surface area contributed by atoms with Crippen LogP contribution in [-0.4, -0.2) is 27.6 Å². The minimum Gasteiger partial charge on any atom is -0.464 e. The average molecular weight is 364 g/mol. The van der Waals surface area contributed by atoms with Crippen LogP contribution in [0.5, 0.6) is 0 Å². The molecule has 1 amide bonds. The first kappa shape index (κ1) is 17.7. The number of hydrogen-bond donors (Lipinski definition) is 2. The maximum Gasteiger partial charge on any atom is 0.251 e. The average Bonchev–Trinajstić information content (AvgIpc) is 3.11. The summed E-state index contributed by atoms with van der Waals surface area (Å²) in [6, 6.07) is 11.5. The van der Waals surface area contributed by atoms with Gasteiger partial charge in [-0.25, -0.2) is 0 Å². The zero-order chi connectivity index (χ0) is 19.0. The number of carbonyl (C=O) groups excluding carboxylic acids is 1. The third kappa shape index (κ3) is 3.74. The van der Waals surface area contributed by atoms with E-state index in [4.69, 9.17) is 4.42 Å². The Morgan fingerprint density at radius 1 is 1.22 bits per heavy atom. The second-order valence-electron chi connectivity index (χ2n) is 7.77. The molecule has 0 radical (unpaired) electrons. The Balaban J connectivity index is 1.50. The Labute approximate surface area is 158 Å². The van der Waals surface area contributed by atoms with Crippen molar-refractivity contribution in [2.45, 2.75) is 51.2 Å². The van der Waals surface area contributed by atoms with Crippen molar-refractivity contribution in [1.82, 2.24) is 10.3 Å². The highest BCUT2D eigenvalue weighted by Gasteiger charge is 2.29. The van der Waals surface area contributed by atoms with E-state index in [1.165, 1.54) is 0 Å². The number of fused-ring (bicyclic) bond motifs is 1. The van der Waals surface area contributed by atoms with Gasteiger partial charge in [0.25, 0.3) is 5.91 Å². The van der Waals surface area contributed by atoms with Gasteiger partial charge in [0.05, 0.1) is 17.6 Å². The van der Waals surface area contributed by atoms with Gasteiger partial charge in [-0.1, -0.05) is 12.1 Å². The van der Waals surface area contributed by atoms with E-state index >= 15 is 0 Å². The van der Waals surface area contributed by atoms with Crippen molar-refractivity contribution in [1.29, 1.82) is 0 Å². The Morgan fingerprint density at radius 3 is 2.63 bits per heavy atom. The normalized spacial score (nSPS) is 22.7. The standard InChI is InChI=1S/C22H24N2O3/c1-14-13-19-18(9-12-27-19)20(23-14)15-3-5-16(6-4-15)21(25)24-17-7-10-22(2,26)11-8-17/h3-6,9,12-13,17,26H,7-8,10-11H2,1-2H3,(H,24,25). The molecule has 0 saturated heterocycles. The summed E-state index contributed by atoms with van der Waals surface area (Å²) < 4.78 is 5.50. The van der Waals surface area contributed by atoms with E-state index in [9.17, 15) is 9.90 Å². The summed E-state index contributed by atoms with van der Waals surface area (Å²) in [6.45, 7) is 3.80. The summed E-state index contributed by atoms with van der Waals surface area (Å²) in [5.41, 5.74) is 3.56. The molecule has 0 spiro atoms. The molecule has 0 atom stereocenters. The molecule has 2 aromatic heterocycles. The third-order valence-electron chi connectivity index (χ3n) is 5.40. The number of aliphatic hydroxyl groups is 1. The van der Waals surface area contributed by atoms with Gasteiger partial charge < -0.3 is 14.8 Å². The number of nitrogens with one attached hydrogen (secondary N) is 1. The summed E-state index contributed by atoms with van der Waals surface area (Å²) in [6.07, 6.45) is 4.72. The number of hydrogen-bond acceptors (Lipinski definition) is 4. The first-order chi connectivity index (χ1) is 12.9. The molecule has 1 aliphatic carbocycles. The van der Waals surface area contributed by atoms with Crippen LogP contribution in [0.1, 0.15) is 48.7 Å². The Bertz CT molecular complexity index is 963. The highest BCUT2D eigenvalue weighted by atomic mass is 16.3. The minimum absolute atomic E-state index is 0.0706. The maximum atomic E-state index is 12.5. The molecule has 0 bridgehead atoms. The molecule has 27 heavy (non-hydrogen) atoms. The summed E-state index contributed by atoms with van der Waals surface area (Å²) in [4.78, 5) is 17.2. The van der Waals surface area contributed by atoms with E-state index in [-0.39, 0.29) is 11.9 Å². The van der Waals surface area contributed by atoms with Gasteiger partial charge in [0.15, 0.2) is 0 Å². The van der Waals surface area contributed by atoms with Crippen LogP contribution in [-0.2, 0) is 0 Å². The maximum absolute atomic E-state index is 12.5. The van der Waals surface area contributed by atoms with Gasteiger partial charge in [-0.2, -0.15) is 0 Å². The minimum atomic E-state index is -0.595. The van der Waals surface area contributed by atoms with Gasteiger partial charge in [0, 0.05) is 34.3 Å². The van der Waals surface area contributed by atoms with Crippen molar-refractivity contribution in [3.63, 3.8) is 0 Å². The molecule has 2 N–H and O–H groups in total. The molecule has 1 saturated carbocycles. The number of benzene rings is 1. The van der Waals surface area contributed by atoms with Gasteiger partial charge in [0.2, 0.25) is 0 Å². The lowest BCUT2D eigenvalue weighted by Crippen LogP contribution is -2.42. The van der Waals surface area contributed by atoms with Crippen LogP contribution in [0.4, 0.5) is 0 Å². The number of carbonyl (C=O) groups is 1. The fourth-order valence-electron chi connectivity index (χ4n) is 3.74. The Hall–Kier alpha value is -2.66. The zero-order valence-corrected chi connectivity index (χ0v) is 15.7. The second-order valence-corrected chi connectivity index (χ2v) is 7.77. The van der Waals surface area contributed by atoms with Gasteiger partial charge in [0.1, 0.15) is 5.58 Å². The molecular weight excluding hydrogens is 340 g/mol. The van der Waals surface area contributed by atoms with Crippen molar-refractivity contribution in [2.24, 2.45) is 0 Å². The van der Waals surface area contributed by atoms with Gasteiger partial charge in [-0.3, -0.25) is 9.78 Å². The smallest absolute Gasteiger partial charge is 0.251 e. The molecule has 3 aromatic rings. The number of amides is 1. The van der Waals surface area contributed by atoms with Crippen LogP contribution >= 0.6 is 0 Å². The molecule has 4 rings (SSSR count). The Morgan fingerprint density at radius 2 is 1.93 bits per heavy atom. The number of furan rings is 1. The largest absolute Gasteiger partial charge is 0.464 e. The molecule has 2 heterocycles. The van der Waals surface area contributed by atoms with E-state index in [1.807, 2.05) is 50.2 Å². The molecule has 1 fully saturated rings. The van der Waals surface area contributed by atoms with E-state index in [2.05, 4.69) is 10.3 Å². The van der Waals surface area contributed by atoms with Crippen molar-refractivity contribution in [3.05, 3.63) is 53.9 Å². The first-order valence-electron chi connectivity index (χ1n) is 9.40. The zero-order valence-electron chi connectivity index (χ0n) is 15.7. The molecular formula is C22H24N2O3. The lowest BCUT2D eigenvalue weighted by molar-refractivity contribution is 0.0140. The molecule has 0 aliphatic heterocycles.